The van der Waals surface area contributed by atoms with Crippen molar-refractivity contribution in [1.82, 2.24) is 9.88 Å². The number of hydrogen-bond acceptors (Lipinski definition) is 4. The van der Waals surface area contributed by atoms with E-state index in [1.807, 2.05) is 4.90 Å². The van der Waals surface area contributed by atoms with Gasteiger partial charge in [0.15, 0.2) is 0 Å². The number of aromatic nitrogens is 1. The van der Waals surface area contributed by atoms with E-state index in [2.05, 4.69) is 4.98 Å². The maximum atomic E-state index is 12.7. The maximum Gasteiger partial charge on any atom is 0.416 e. The summed E-state index contributed by atoms with van der Waals surface area (Å²) in [7, 11) is 0. The molecule has 8 heteroatoms. The highest BCUT2D eigenvalue weighted by atomic mass is 19.4. The zero-order valence-electron chi connectivity index (χ0n) is 13.7. The fourth-order valence-electron chi connectivity index (χ4n) is 2.65. The van der Waals surface area contributed by atoms with Crippen molar-refractivity contribution in [3.8, 4) is 5.75 Å². The number of ether oxygens (including phenoxy) is 1. The summed E-state index contributed by atoms with van der Waals surface area (Å²) in [6.07, 6.45) is -2.80. The second-order valence-corrected chi connectivity index (χ2v) is 6.20. The highest BCUT2D eigenvalue weighted by Crippen LogP contribution is 2.31. The number of benzene rings is 1. The van der Waals surface area contributed by atoms with Crippen molar-refractivity contribution < 1.29 is 27.8 Å². The lowest BCUT2D eigenvalue weighted by atomic mass is 10.0. The van der Waals surface area contributed by atoms with Crippen LogP contribution < -0.4 is 4.74 Å². The first-order valence-electron chi connectivity index (χ1n) is 8.00. The van der Waals surface area contributed by atoms with Crippen LogP contribution in [0.25, 0.3) is 0 Å². The Morgan fingerprint density at radius 2 is 2.04 bits per heavy atom. The standard InChI is InChI=1S/C18H17F3N2O3/c19-18(20,21)14-2-1-3-16(6-14)26-11-12-4-5-15(22-7-12)10-23-8-13(9-23)17(24)25/h1-7,13H,8-11H2,(H,24,25). The van der Waals surface area contributed by atoms with E-state index in [-0.39, 0.29) is 18.3 Å². The molecule has 0 amide bonds. The number of rotatable bonds is 6. The summed E-state index contributed by atoms with van der Waals surface area (Å²) in [5.74, 6) is -0.948. The van der Waals surface area contributed by atoms with Crippen molar-refractivity contribution in [2.45, 2.75) is 19.3 Å². The lowest BCUT2D eigenvalue weighted by Crippen LogP contribution is -2.49. The molecule has 0 radical (unpaired) electrons. The van der Waals surface area contributed by atoms with Crippen LogP contribution in [0.3, 0.4) is 0 Å². The van der Waals surface area contributed by atoms with Crippen LogP contribution in [-0.2, 0) is 24.1 Å². The molecule has 0 bridgehead atoms. The van der Waals surface area contributed by atoms with Crippen LogP contribution in [0, 0.1) is 5.92 Å². The Kier molecular flexibility index (Phi) is 5.13. The summed E-state index contributed by atoms with van der Waals surface area (Å²) in [5, 5.41) is 8.85. The lowest BCUT2D eigenvalue weighted by molar-refractivity contribution is -0.147. The van der Waals surface area contributed by atoms with Gasteiger partial charge in [-0.2, -0.15) is 13.2 Å². The molecule has 2 heterocycles. The SMILES string of the molecule is O=C(O)C1CN(Cc2ccc(COc3cccc(C(F)(F)F)c3)cn2)C1. The van der Waals surface area contributed by atoms with E-state index in [0.29, 0.717) is 19.6 Å². The van der Waals surface area contributed by atoms with Gasteiger partial charge in [-0.1, -0.05) is 12.1 Å². The largest absolute Gasteiger partial charge is 0.489 e. The number of halogens is 3. The van der Waals surface area contributed by atoms with Crippen molar-refractivity contribution in [2.24, 2.45) is 5.92 Å². The van der Waals surface area contributed by atoms with Crippen LogP contribution in [0.4, 0.5) is 13.2 Å². The second kappa shape index (κ2) is 7.33. The van der Waals surface area contributed by atoms with E-state index in [4.69, 9.17) is 9.84 Å². The van der Waals surface area contributed by atoms with Crippen LogP contribution in [-0.4, -0.2) is 34.0 Å². The third kappa shape index (κ3) is 4.51. The predicted molar refractivity (Wildman–Crippen MR) is 86.4 cm³/mol. The third-order valence-electron chi connectivity index (χ3n) is 4.14. The molecular formula is C18H17F3N2O3. The van der Waals surface area contributed by atoms with Gasteiger partial charge in [-0.15, -0.1) is 0 Å². The van der Waals surface area contributed by atoms with Gasteiger partial charge >= 0.3 is 12.1 Å². The first-order chi connectivity index (χ1) is 12.3. The molecule has 26 heavy (non-hydrogen) atoms. The van der Waals surface area contributed by atoms with Gasteiger partial charge in [0.2, 0.25) is 0 Å². The number of carboxylic acids is 1. The molecule has 0 spiro atoms. The molecule has 1 N–H and O–H groups in total. The molecule has 1 saturated heterocycles. The summed E-state index contributed by atoms with van der Waals surface area (Å²) >= 11 is 0. The van der Waals surface area contributed by atoms with Crippen molar-refractivity contribution in [2.75, 3.05) is 13.1 Å². The number of pyridine rings is 1. The average molecular weight is 366 g/mol. The molecule has 0 aliphatic carbocycles. The fraction of sp³-hybridized carbons (Fsp3) is 0.333. The van der Waals surface area contributed by atoms with Gasteiger partial charge in [0.05, 0.1) is 17.2 Å². The zero-order valence-corrected chi connectivity index (χ0v) is 13.7. The maximum absolute atomic E-state index is 12.7. The number of likely N-dealkylation sites (tertiary alicyclic amines) is 1. The predicted octanol–water partition coefficient (Wildman–Crippen LogP) is 3.20. The van der Waals surface area contributed by atoms with E-state index in [1.54, 1.807) is 18.3 Å². The number of carboxylic acid groups (broad SMARTS) is 1. The zero-order chi connectivity index (χ0) is 18.7. The number of aliphatic carboxylic acids is 1. The molecule has 0 atom stereocenters. The van der Waals surface area contributed by atoms with Crippen LogP contribution in [0.2, 0.25) is 0 Å². The Morgan fingerprint density at radius 3 is 2.65 bits per heavy atom. The van der Waals surface area contributed by atoms with E-state index in [0.717, 1.165) is 23.4 Å². The minimum Gasteiger partial charge on any atom is -0.489 e. The summed E-state index contributed by atoms with van der Waals surface area (Å²) in [6, 6.07) is 8.33. The van der Waals surface area contributed by atoms with Crippen molar-refractivity contribution in [3.05, 3.63) is 59.4 Å². The fourth-order valence-corrected chi connectivity index (χ4v) is 2.65. The Bertz CT molecular complexity index is 772. The molecule has 1 aliphatic rings. The molecule has 0 unspecified atom stereocenters. The minimum absolute atomic E-state index is 0.111. The van der Waals surface area contributed by atoms with Gasteiger partial charge in [-0.25, -0.2) is 0 Å². The molecule has 0 saturated carbocycles. The second-order valence-electron chi connectivity index (χ2n) is 6.20. The molecule has 5 nitrogen and oxygen atoms in total. The van der Waals surface area contributed by atoms with E-state index in [9.17, 15) is 18.0 Å². The summed E-state index contributed by atoms with van der Waals surface area (Å²) in [6.45, 7) is 1.70. The summed E-state index contributed by atoms with van der Waals surface area (Å²) in [4.78, 5) is 17.0. The highest BCUT2D eigenvalue weighted by molar-refractivity contribution is 5.71. The minimum atomic E-state index is -4.40. The number of carbonyl (C=O) groups is 1. The van der Waals surface area contributed by atoms with Crippen molar-refractivity contribution in [1.29, 1.82) is 0 Å². The lowest BCUT2D eigenvalue weighted by Gasteiger charge is -2.36. The van der Waals surface area contributed by atoms with Gasteiger partial charge < -0.3 is 9.84 Å². The Labute approximate surface area is 148 Å². The van der Waals surface area contributed by atoms with E-state index in [1.165, 1.54) is 12.1 Å². The van der Waals surface area contributed by atoms with Gasteiger partial charge in [-0.05, 0) is 24.3 Å². The van der Waals surface area contributed by atoms with Crippen LogP contribution in [0.1, 0.15) is 16.8 Å². The highest BCUT2D eigenvalue weighted by Gasteiger charge is 2.32. The molecule has 138 valence electrons. The molecule has 1 aromatic carbocycles. The number of nitrogens with zero attached hydrogens (tertiary/aromatic N) is 2. The van der Waals surface area contributed by atoms with Crippen LogP contribution >= 0.6 is 0 Å². The molecule has 1 fully saturated rings. The monoisotopic (exact) mass is 366 g/mol. The number of alkyl halides is 3. The van der Waals surface area contributed by atoms with Gasteiger partial charge in [-0.3, -0.25) is 14.7 Å². The Hall–Kier alpha value is -2.61. The summed E-state index contributed by atoms with van der Waals surface area (Å²) in [5.41, 5.74) is 0.785. The van der Waals surface area contributed by atoms with Crippen molar-refractivity contribution >= 4 is 5.97 Å². The number of hydrogen-bond donors (Lipinski definition) is 1. The normalized spacial score (nSPS) is 15.5. The Morgan fingerprint density at radius 1 is 1.27 bits per heavy atom. The smallest absolute Gasteiger partial charge is 0.416 e. The van der Waals surface area contributed by atoms with Gasteiger partial charge in [0.1, 0.15) is 12.4 Å². The third-order valence-corrected chi connectivity index (χ3v) is 4.14. The molecule has 1 aromatic heterocycles. The first-order valence-corrected chi connectivity index (χ1v) is 8.00. The van der Waals surface area contributed by atoms with Crippen molar-refractivity contribution in [3.63, 3.8) is 0 Å². The Balaban J connectivity index is 1.51. The first kappa shape index (κ1) is 18.2. The van der Waals surface area contributed by atoms with Crippen LogP contribution in [0.5, 0.6) is 5.75 Å². The van der Waals surface area contributed by atoms with E-state index >= 15 is 0 Å². The van der Waals surface area contributed by atoms with E-state index < -0.39 is 17.7 Å². The average Bonchev–Trinajstić information content (AvgIpc) is 2.56. The molecule has 3 rings (SSSR count). The molecule has 1 aliphatic heterocycles. The topological polar surface area (TPSA) is 62.7 Å². The molecular weight excluding hydrogens is 349 g/mol. The van der Waals surface area contributed by atoms with Gasteiger partial charge in [0.25, 0.3) is 0 Å². The summed E-state index contributed by atoms with van der Waals surface area (Å²) < 4.78 is 43.4. The molecule has 2 aromatic rings. The van der Waals surface area contributed by atoms with Gasteiger partial charge in [0, 0.05) is 31.4 Å². The van der Waals surface area contributed by atoms with Crippen LogP contribution in [0.15, 0.2) is 42.6 Å². The quantitative estimate of drug-likeness (QED) is 0.851.